The third-order valence-electron chi connectivity index (χ3n) is 2.67. The van der Waals surface area contributed by atoms with Crippen LogP contribution in [0.1, 0.15) is 33.6 Å². The largest absolute Gasteiger partial charge is 0.480 e. The molecule has 0 fully saturated rings. The van der Waals surface area contributed by atoms with Gasteiger partial charge in [0.15, 0.2) is 0 Å². The number of carbonyl (C=O) groups excluding carboxylic acids is 1. The summed E-state index contributed by atoms with van der Waals surface area (Å²) in [6.45, 7) is 5.18. The third-order valence-corrected chi connectivity index (χ3v) is 2.67. The zero-order valence-corrected chi connectivity index (χ0v) is 14.0. The highest BCUT2D eigenvalue weighted by Gasteiger charge is 2.17. The normalized spacial score (nSPS) is 14.4. The molecule has 0 saturated carbocycles. The van der Waals surface area contributed by atoms with Crippen molar-refractivity contribution >= 4 is 23.8 Å². The summed E-state index contributed by atoms with van der Waals surface area (Å²) in [6.07, 6.45) is 0.503. The number of hydrogen-bond donors (Lipinski definition) is 7. The standard InChI is InChI=1S/C6H13NO2.C4H8N2O3.C3H7NO2/c1-3-4(2)5(7)6(8)9;5-2(4(8)9)1-3(6)7;1-2(4)3(5)6/h4-5H,3,7H2,1-2H3,(H,8,9);2H,1,5H2,(H2,6,7)(H,8,9);2H,4H2,1H3,(H,5,6)/t4-,5-;2*2-/m000/s1. The van der Waals surface area contributed by atoms with Crippen molar-refractivity contribution in [2.75, 3.05) is 0 Å². The number of aliphatic carboxylic acids is 3. The number of rotatable bonds is 7. The summed E-state index contributed by atoms with van der Waals surface area (Å²) in [6, 6.07) is -2.59. The molecule has 0 radical (unpaired) electrons. The number of carboxylic acids is 3. The van der Waals surface area contributed by atoms with Crippen LogP contribution >= 0.6 is 0 Å². The molecule has 0 rings (SSSR count). The Hall–Kier alpha value is -2.24. The van der Waals surface area contributed by atoms with Crippen molar-refractivity contribution in [2.45, 2.75) is 51.7 Å². The van der Waals surface area contributed by atoms with Crippen LogP contribution in [-0.4, -0.2) is 57.3 Å². The van der Waals surface area contributed by atoms with E-state index in [1.165, 1.54) is 6.92 Å². The van der Waals surface area contributed by atoms with Gasteiger partial charge in [-0.25, -0.2) is 0 Å². The first-order valence-corrected chi connectivity index (χ1v) is 7.01. The van der Waals surface area contributed by atoms with Crippen LogP contribution in [0.5, 0.6) is 0 Å². The molecule has 4 atom stereocenters. The molecule has 24 heavy (non-hydrogen) atoms. The average molecular weight is 352 g/mol. The van der Waals surface area contributed by atoms with Crippen molar-refractivity contribution < 1.29 is 34.5 Å². The van der Waals surface area contributed by atoms with Crippen LogP contribution in [0.2, 0.25) is 0 Å². The van der Waals surface area contributed by atoms with Gasteiger partial charge in [-0.2, -0.15) is 0 Å². The average Bonchev–Trinajstić information content (AvgIpc) is 2.45. The Morgan fingerprint density at radius 3 is 1.33 bits per heavy atom. The summed E-state index contributed by atoms with van der Waals surface area (Å²) in [5, 5.41) is 24.3. The van der Waals surface area contributed by atoms with Crippen LogP contribution in [-0.2, 0) is 19.2 Å². The van der Waals surface area contributed by atoms with E-state index in [-0.39, 0.29) is 12.3 Å². The summed E-state index contributed by atoms with van der Waals surface area (Å²) >= 11 is 0. The summed E-state index contributed by atoms with van der Waals surface area (Å²) in [7, 11) is 0. The van der Waals surface area contributed by atoms with Gasteiger partial charge in [0, 0.05) is 0 Å². The van der Waals surface area contributed by atoms with Gasteiger partial charge < -0.3 is 38.3 Å². The third kappa shape index (κ3) is 17.8. The fourth-order valence-corrected chi connectivity index (χ4v) is 0.801. The lowest BCUT2D eigenvalue weighted by Gasteiger charge is -2.11. The molecule has 1 amide bonds. The van der Waals surface area contributed by atoms with Crippen LogP contribution in [0.4, 0.5) is 0 Å². The molecule has 11 heteroatoms. The quantitative estimate of drug-likeness (QED) is 0.269. The molecule has 142 valence electrons. The molecule has 0 aromatic rings. The maximum Gasteiger partial charge on any atom is 0.321 e. The number of carbonyl (C=O) groups is 4. The van der Waals surface area contributed by atoms with Crippen molar-refractivity contribution in [3.63, 3.8) is 0 Å². The van der Waals surface area contributed by atoms with Crippen molar-refractivity contribution in [1.82, 2.24) is 0 Å². The zero-order chi connectivity index (χ0) is 20.0. The molecule has 0 aromatic heterocycles. The van der Waals surface area contributed by atoms with Gasteiger partial charge in [-0.3, -0.25) is 19.2 Å². The van der Waals surface area contributed by atoms with Gasteiger partial charge >= 0.3 is 17.9 Å². The van der Waals surface area contributed by atoms with Crippen molar-refractivity contribution in [1.29, 1.82) is 0 Å². The SMILES string of the molecule is CC[C@H](C)[C@H](N)C(=O)O.C[C@H](N)C(=O)O.NC(=O)C[C@H](N)C(=O)O. The second-order valence-corrected chi connectivity index (χ2v) is 4.99. The Morgan fingerprint density at radius 1 is 0.875 bits per heavy atom. The van der Waals surface area contributed by atoms with Crippen molar-refractivity contribution in [3.8, 4) is 0 Å². The van der Waals surface area contributed by atoms with Gasteiger partial charge in [0.05, 0.1) is 6.42 Å². The van der Waals surface area contributed by atoms with Crippen LogP contribution in [0.25, 0.3) is 0 Å². The molecular formula is C13H28N4O7. The first kappa shape index (κ1) is 26.6. The van der Waals surface area contributed by atoms with E-state index in [0.29, 0.717) is 0 Å². The lowest BCUT2D eigenvalue weighted by molar-refractivity contribution is -0.140. The predicted octanol–water partition coefficient (Wildman–Crippen LogP) is -1.86. The van der Waals surface area contributed by atoms with E-state index in [1.54, 1.807) is 0 Å². The fourth-order valence-electron chi connectivity index (χ4n) is 0.801. The van der Waals surface area contributed by atoms with E-state index < -0.39 is 41.9 Å². The van der Waals surface area contributed by atoms with Crippen LogP contribution < -0.4 is 22.9 Å². The Bertz CT molecular complexity index is 415. The fraction of sp³-hybridized carbons (Fsp3) is 0.692. The summed E-state index contributed by atoms with van der Waals surface area (Å²) < 4.78 is 0. The summed E-state index contributed by atoms with van der Waals surface area (Å²) in [5.41, 5.74) is 19.7. The Labute approximate surface area is 140 Å². The predicted molar refractivity (Wildman–Crippen MR) is 85.8 cm³/mol. The molecule has 0 aliphatic carbocycles. The van der Waals surface area contributed by atoms with Gasteiger partial charge in [0.25, 0.3) is 0 Å². The van der Waals surface area contributed by atoms with E-state index in [4.69, 9.17) is 32.5 Å². The molecule has 0 bridgehead atoms. The number of carboxylic acid groups (broad SMARTS) is 3. The van der Waals surface area contributed by atoms with E-state index in [0.717, 1.165) is 6.42 Å². The number of primary amides is 1. The second-order valence-electron chi connectivity index (χ2n) is 4.99. The minimum absolute atomic E-state index is 0.0718. The van der Waals surface area contributed by atoms with Gasteiger partial charge in [-0.1, -0.05) is 20.3 Å². The van der Waals surface area contributed by atoms with Gasteiger partial charge in [0.1, 0.15) is 18.1 Å². The Kier molecular flexibility index (Phi) is 15.9. The highest BCUT2D eigenvalue weighted by Crippen LogP contribution is 2.04. The molecule has 0 spiro atoms. The molecule has 0 unspecified atom stereocenters. The lowest BCUT2D eigenvalue weighted by Crippen LogP contribution is -2.36. The summed E-state index contributed by atoms with van der Waals surface area (Å²) in [5.74, 6) is -3.72. The van der Waals surface area contributed by atoms with Gasteiger partial charge in [0.2, 0.25) is 5.91 Å². The van der Waals surface area contributed by atoms with E-state index in [2.05, 4.69) is 5.73 Å². The van der Waals surface area contributed by atoms with Crippen LogP contribution in [0, 0.1) is 5.92 Å². The molecule has 0 saturated heterocycles. The lowest BCUT2D eigenvalue weighted by atomic mass is 10.0. The highest BCUT2D eigenvalue weighted by atomic mass is 16.4. The molecule has 0 aliphatic heterocycles. The maximum atomic E-state index is 10.2. The molecule has 0 heterocycles. The maximum absolute atomic E-state index is 10.2. The monoisotopic (exact) mass is 352 g/mol. The minimum atomic E-state index is -1.21. The zero-order valence-electron chi connectivity index (χ0n) is 14.0. The Morgan fingerprint density at radius 2 is 1.25 bits per heavy atom. The number of nitrogens with two attached hydrogens (primary N) is 4. The minimum Gasteiger partial charge on any atom is -0.480 e. The van der Waals surface area contributed by atoms with Crippen LogP contribution in [0.15, 0.2) is 0 Å². The van der Waals surface area contributed by atoms with Crippen LogP contribution in [0.3, 0.4) is 0 Å². The van der Waals surface area contributed by atoms with Crippen molar-refractivity contribution in [2.24, 2.45) is 28.9 Å². The summed E-state index contributed by atoms with van der Waals surface area (Å²) in [4.78, 5) is 39.6. The number of hydrogen-bond acceptors (Lipinski definition) is 7. The first-order chi connectivity index (χ1) is 10.8. The number of amides is 1. The molecule has 11 N–H and O–H groups in total. The smallest absolute Gasteiger partial charge is 0.321 e. The van der Waals surface area contributed by atoms with Crippen molar-refractivity contribution in [3.05, 3.63) is 0 Å². The van der Waals surface area contributed by atoms with E-state index in [9.17, 15) is 19.2 Å². The molecule has 0 aromatic carbocycles. The van der Waals surface area contributed by atoms with Gasteiger partial charge in [-0.15, -0.1) is 0 Å². The Balaban J connectivity index is -0.000000282. The molecule has 0 aliphatic rings. The van der Waals surface area contributed by atoms with E-state index >= 15 is 0 Å². The molecular weight excluding hydrogens is 324 g/mol. The topological polar surface area (TPSA) is 233 Å². The second kappa shape index (κ2) is 14.4. The molecule has 11 nitrogen and oxygen atoms in total. The van der Waals surface area contributed by atoms with E-state index in [1.807, 2.05) is 13.8 Å². The highest BCUT2D eigenvalue weighted by molar-refractivity contribution is 5.83. The van der Waals surface area contributed by atoms with Gasteiger partial charge in [-0.05, 0) is 12.8 Å². The first-order valence-electron chi connectivity index (χ1n) is 7.01.